The molecule has 1 rings (SSSR count). The molecule has 0 saturated heterocycles. The number of carbonyl (C=O) groups excluding carboxylic acids is 1. The Morgan fingerprint density at radius 1 is 1.35 bits per heavy atom. The fourth-order valence-electron chi connectivity index (χ4n) is 1.13. The number of aromatic hydroxyl groups is 1. The van der Waals surface area contributed by atoms with Gasteiger partial charge in [-0.3, -0.25) is 4.79 Å². The number of rotatable bonds is 4. The van der Waals surface area contributed by atoms with Gasteiger partial charge >= 0.3 is 0 Å². The van der Waals surface area contributed by atoms with Crippen LogP contribution in [-0.4, -0.2) is 25.0 Å². The number of phenols is 1. The predicted octanol–water partition coefficient (Wildman–Crippen LogP) is -0.0656. The molecule has 0 saturated carbocycles. The number of primary amides is 1. The first-order valence-corrected chi connectivity index (χ1v) is 6.27. The number of hydrogen-bond donors (Lipinski definition) is 3. The fraction of sp³-hybridized carbons (Fsp3) is 0.300. The molecule has 0 atom stereocenters. The van der Waals surface area contributed by atoms with Crippen molar-refractivity contribution in [2.24, 2.45) is 5.73 Å². The monoisotopic (exact) mass is 258 g/mol. The van der Waals surface area contributed by atoms with Gasteiger partial charge in [-0.15, -0.1) is 0 Å². The molecule has 0 bridgehead atoms. The molecule has 1 aromatic carbocycles. The van der Waals surface area contributed by atoms with E-state index in [0.717, 1.165) is 0 Å². The lowest BCUT2D eigenvalue weighted by Crippen LogP contribution is -2.52. The van der Waals surface area contributed by atoms with Crippen molar-refractivity contribution >= 4 is 15.9 Å². The number of nitrogens with one attached hydrogen (secondary N) is 1. The second-order valence-electron chi connectivity index (χ2n) is 4.06. The summed E-state index contributed by atoms with van der Waals surface area (Å²) in [6, 6.07) is 5.43. The number of carbonyl (C=O) groups is 1. The van der Waals surface area contributed by atoms with Gasteiger partial charge in [-0.2, -0.15) is 4.72 Å². The Kier molecular flexibility index (Phi) is 3.44. The first-order valence-electron chi connectivity index (χ1n) is 4.79. The van der Waals surface area contributed by atoms with E-state index in [1.807, 2.05) is 0 Å². The van der Waals surface area contributed by atoms with Gasteiger partial charge in [-0.05, 0) is 26.0 Å². The Balaban J connectivity index is 3.15. The maximum Gasteiger partial charge on any atom is 0.245 e. The van der Waals surface area contributed by atoms with Crippen LogP contribution in [-0.2, 0) is 14.8 Å². The van der Waals surface area contributed by atoms with Gasteiger partial charge in [-0.25, -0.2) is 8.42 Å². The molecule has 4 N–H and O–H groups in total. The highest BCUT2D eigenvalue weighted by atomic mass is 32.2. The molecule has 0 aliphatic heterocycles. The molecule has 0 aliphatic carbocycles. The van der Waals surface area contributed by atoms with Crippen LogP contribution >= 0.6 is 0 Å². The Labute approximate surface area is 99.5 Å². The number of benzene rings is 1. The Hall–Kier alpha value is -1.60. The third-order valence-corrected chi connectivity index (χ3v) is 3.86. The molecule has 7 heteroatoms. The minimum absolute atomic E-state index is 0.297. The molecule has 94 valence electrons. The van der Waals surface area contributed by atoms with Crippen LogP contribution in [0.3, 0.4) is 0 Å². The Bertz CT molecular complexity index is 537. The average molecular weight is 258 g/mol. The lowest BCUT2D eigenvalue weighted by Gasteiger charge is -2.22. The number of nitrogens with two attached hydrogens (primary N) is 1. The summed E-state index contributed by atoms with van der Waals surface area (Å²) >= 11 is 0. The van der Waals surface area contributed by atoms with Crippen LogP contribution in [0.15, 0.2) is 29.2 Å². The van der Waals surface area contributed by atoms with Crippen molar-refractivity contribution in [3.8, 4) is 5.75 Å². The normalized spacial score (nSPS) is 12.4. The average Bonchev–Trinajstić information content (AvgIpc) is 2.16. The van der Waals surface area contributed by atoms with E-state index in [-0.39, 0.29) is 10.6 Å². The Morgan fingerprint density at radius 3 is 2.35 bits per heavy atom. The van der Waals surface area contributed by atoms with Crippen molar-refractivity contribution in [2.75, 3.05) is 0 Å². The summed E-state index contributed by atoms with van der Waals surface area (Å²) in [7, 11) is -3.99. The third kappa shape index (κ3) is 2.95. The number of amides is 1. The third-order valence-electron chi connectivity index (χ3n) is 2.16. The van der Waals surface area contributed by atoms with Crippen molar-refractivity contribution in [3.63, 3.8) is 0 Å². The number of sulfonamides is 1. The van der Waals surface area contributed by atoms with Gasteiger partial charge in [-0.1, -0.05) is 12.1 Å². The SMILES string of the molecule is CC(C)(NS(=O)(=O)c1ccccc1O)C(N)=O. The molecule has 6 nitrogen and oxygen atoms in total. The van der Waals surface area contributed by atoms with Crippen molar-refractivity contribution in [1.82, 2.24) is 4.72 Å². The second kappa shape index (κ2) is 4.34. The zero-order valence-corrected chi connectivity index (χ0v) is 10.3. The first-order chi connectivity index (χ1) is 7.67. The quantitative estimate of drug-likeness (QED) is 0.702. The van der Waals surface area contributed by atoms with E-state index in [9.17, 15) is 18.3 Å². The molecule has 0 radical (unpaired) electrons. The zero-order valence-electron chi connectivity index (χ0n) is 9.47. The molecule has 0 aromatic heterocycles. The van der Waals surface area contributed by atoms with Crippen LogP contribution in [0.25, 0.3) is 0 Å². The summed E-state index contributed by atoms with van der Waals surface area (Å²) in [4.78, 5) is 10.8. The van der Waals surface area contributed by atoms with Gasteiger partial charge < -0.3 is 10.8 Å². The van der Waals surface area contributed by atoms with Gasteiger partial charge in [0.2, 0.25) is 15.9 Å². The van der Waals surface area contributed by atoms with E-state index in [2.05, 4.69) is 4.72 Å². The van der Waals surface area contributed by atoms with Crippen molar-refractivity contribution in [2.45, 2.75) is 24.3 Å². The first kappa shape index (κ1) is 13.5. The summed E-state index contributed by atoms with van der Waals surface area (Å²) in [6.07, 6.45) is 0. The van der Waals surface area contributed by atoms with E-state index in [4.69, 9.17) is 5.73 Å². The van der Waals surface area contributed by atoms with Crippen molar-refractivity contribution in [3.05, 3.63) is 24.3 Å². The highest BCUT2D eigenvalue weighted by Gasteiger charge is 2.32. The van der Waals surface area contributed by atoms with E-state index in [1.165, 1.54) is 38.1 Å². The number of hydrogen-bond acceptors (Lipinski definition) is 4. The fourth-order valence-corrected chi connectivity index (χ4v) is 2.61. The molecule has 0 fully saturated rings. The smallest absolute Gasteiger partial charge is 0.245 e. The largest absolute Gasteiger partial charge is 0.507 e. The van der Waals surface area contributed by atoms with Crippen molar-refractivity contribution < 1.29 is 18.3 Å². The highest BCUT2D eigenvalue weighted by Crippen LogP contribution is 2.22. The summed E-state index contributed by atoms with van der Waals surface area (Å²) in [5.41, 5.74) is 3.64. The standard InChI is InChI=1S/C10H14N2O4S/c1-10(2,9(11)14)12-17(15,16)8-6-4-3-5-7(8)13/h3-6,12-13H,1-2H3,(H2,11,14). The van der Waals surface area contributed by atoms with E-state index in [1.54, 1.807) is 0 Å². The zero-order chi connectivity index (χ0) is 13.3. The van der Waals surface area contributed by atoms with Crippen LogP contribution < -0.4 is 10.5 Å². The van der Waals surface area contributed by atoms with Gasteiger partial charge in [0.15, 0.2) is 0 Å². The lowest BCUT2D eigenvalue weighted by atomic mass is 10.1. The van der Waals surface area contributed by atoms with Crippen molar-refractivity contribution in [1.29, 1.82) is 0 Å². The van der Waals surface area contributed by atoms with Gasteiger partial charge in [0, 0.05) is 0 Å². The van der Waals surface area contributed by atoms with E-state index >= 15 is 0 Å². The highest BCUT2D eigenvalue weighted by molar-refractivity contribution is 7.89. The van der Waals surface area contributed by atoms with Gasteiger partial charge in [0.1, 0.15) is 16.2 Å². The molecule has 0 aliphatic rings. The van der Waals surface area contributed by atoms with Crippen LogP contribution in [0.1, 0.15) is 13.8 Å². The number of para-hydroxylation sites is 1. The van der Waals surface area contributed by atoms with Gasteiger partial charge in [0.25, 0.3) is 0 Å². The van der Waals surface area contributed by atoms with Gasteiger partial charge in [0.05, 0.1) is 0 Å². The second-order valence-corrected chi connectivity index (χ2v) is 5.71. The topological polar surface area (TPSA) is 109 Å². The lowest BCUT2D eigenvalue weighted by molar-refractivity contribution is -0.122. The molecular weight excluding hydrogens is 244 g/mol. The molecular formula is C10H14N2O4S. The molecule has 1 amide bonds. The van der Waals surface area contributed by atoms with E-state index in [0.29, 0.717) is 0 Å². The Morgan fingerprint density at radius 2 is 1.88 bits per heavy atom. The minimum atomic E-state index is -3.99. The maximum atomic E-state index is 11.9. The summed E-state index contributed by atoms with van der Waals surface area (Å²) in [5.74, 6) is -1.20. The van der Waals surface area contributed by atoms with E-state index < -0.39 is 21.5 Å². The summed E-state index contributed by atoms with van der Waals surface area (Å²) in [5, 5.41) is 9.45. The van der Waals surface area contributed by atoms with Crippen LogP contribution in [0.5, 0.6) is 5.75 Å². The molecule has 17 heavy (non-hydrogen) atoms. The minimum Gasteiger partial charge on any atom is -0.507 e. The molecule has 0 heterocycles. The number of phenolic OH excluding ortho intramolecular Hbond substituents is 1. The summed E-state index contributed by atoms with van der Waals surface area (Å²) in [6.45, 7) is 2.68. The van der Waals surface area contributed by atoms with Crippen LogP contribution in [0.2, 0.25) is 0 Å². The predicted molar refractivity (Wildman–Crippen MR) is 61.7 cm³/mol. The van der Waals surface area contributed by atoms with Crippen LogP contribution in [0, 0.1) is 0 Å². The summed E-state index contributed by atoms with van der Waals surface area (Å²) < 4.78 is 25.9. The van der Waals surface area contributed by atoms with Crippen LogP contribution in [0.4, 0.5) is 0 Å². The molecule has 0 spiro atoms. The maximum absolute atomic E-state index is 11.9. The molecule has 1 aromatic rings. The molecule has 0 unspecified atom stereocenters.